The highest BCUT2D eigenvalue weighted by Crippen LogP contribution is 2.25. The van der Waals surface area contributed by atoms with Crippen LogP contribution < -0.4 is 15.8 Å². The molecule has 32 heavy (non-hydrogen) atoms. The molecule has 1 heterocycles. The molecule has 3 N–H and O–H groups in total. The quantitative estimate of drug-likeness (QED) is 0.449. The summed E-state index contributed by atoms with van der Waals surface area (Å²) in [6.45, 7) is 2.43. The number of primary amides is 1. The zero-order chi connectivity index (χ0) is 23.1. The first-order valence-corrected chi connectivity index (χ1v) is 10.6. The number of hydrogen-bond donors (Lipinski definition) is 2. The topological polar surface area (TPSA) is 99.2 Å². The van der Waals surface area contributed by atoms with Gasteiger partial charge in [-0.15, -0.1) is 0 Å². The number of nitrogens with two attached hydrogens (primary N) is 1. The van der Waals surface area contributed by atoms with Gasteiger partial charge in [-0.3, -0.25) is 9.59 Å². The maximum Gasteiger partial charge on any atom is 0.248 e. The molecule has 0 aliphatic rings. The van der Waals surface area contributed by atoms with Gasteiger partial charge in [0.2, 0.25) is 11.8 Å². The number of rotatable bonds is 9. The van der Waals surface area contributed by atoms with E-state index in [1.807, 2.05) is 31.2 Å². The van der Waals surface area contributed by atoms with E-state index in [2.05, 4.69) is 10.4 Å². The van der Waals surface area contributed by atoms with E-state index in [9.17, 15) is 9.59 Å². The third-order valence-corrected chi connectivity index (χ3v) is 5.16. The average molecular weight is 473 g/mol. The first kappa shape index (κ1) is 23.4. The van der Waals surface area contributed by atoms with Crippen LogP contribution in [0.5, 0.6) is 5.75 Å². The van der Waals surface area contributed by atoms with Crippen LogP contribution in [0.2, 0.25) is 10.2 Å². The smallest absolute Gasteiger partial charge is 0.248 e. The van der Waals surface area contributed by atoms with Crippen molar-refractivity contribution in [3.63, 3.8) is 0 Å². The molecule has 3 aromatic rings. The van der Waals surface area contributed by atoms with Crippen molar-refractivity contribution in [2.24, 2.45) is 5.73 Å². The summed E-state index contributed by atoms with van der Waals surface area (Å²) >= 11 is 12.4. The summed E-state index contributed by atoms with van der Waals surface area (Å²) in [4.78, 5) is 23.3. The van der Waals surface area contributed by atoms with Crippen LogP contribution in [0, 0.1) is 6.92 Å². The van der Waals surface area contributed by atoms with Gasteiger partial charge < -0.3 is 15.8 Å². The van der Waals surface area contributed by atoms with E-state index >= 15 is 0 Å². The molecule has 0 atom stereocenters. The first-order valence-electron chi connectivity index (χ1n) is 9.80. The van der Waals surface area contributed by atoms with Crippen molar-refractivity contribution in [1.29, 1.82) is 0 Å². The highest BCUT2D eigenvalue weighted by molar-refractivity contribution is 6.31. The Morgan fingerprint density at radius 3 is 2.59 bits per heavy atom. The molecule has 7 nitrogen and oxygen atoms in total. The molecule has 0 fully saturated rings. The van der Waals surface area contributed by atoms with Gasteiger partial charge in [0, 0.05) is 16.7 Å². The zero-order valence-electron chi connectivity index (χ0n) is 17.3. The van der Waals surface area contributed by atoms with Crippen molar-refractivity contribution in [1.82, 2.24) is 9.78 Å². The minimum Gasteiger partial charge on any atom is -0.491 e. The van der Waals surface area contributed by atoms with Gasteiger partial charge in [-0.25, -0.2) is 4.68 Å². The van der Waals surface area contributed by atoms with E-state index in [0.717, 1.165) is 5.56 Å². The van der Waals surface area contributed by atoms with Crippen molar-refractivity contribution < 1.29 is 14.3 Å². The number of hydrogen-bond acceptors (Lipinski definition) is 4. The van der Waals surface area contributed by atoms with Gasteiger partial charge in [-0.2, -0.15) is 5.10 Å². The minimum atomic E-state index is -0.460. The van der Waals surface area contributed by atoms with Gasteiger partial charge in [0.15, 0.2) is 0 Å². The summed E-state index contributed by atoms with van der Waals surface area (Å²) in [5, 5.41) is 8.31. The minimum absolute atomic E-state index is 0.0833. The second-order valence-corrected chi connectivity index (χ2v) is 7.75. The zero-order valence-corrected chi connectivity index (χ0v) is 18.9. The molecule has 0 unspecified atom stereocenters. The molecule has 166 valence electrons. The number of ether oxygens (including phenoxy) is 1. The number of aryl methyl sites for hydroxylation is 1. The molecular formula is C23H22Cl2N4O3. The highest BCUT2D eigenvalue weighted by atomic mass is 35.5. The highest BCUT2D eigenvalue weighted by Gasteiger charge is 2.12. The third-order valence-electron chi connectivity index (χ3n) is 4.51. The molecular weight excluding hydrogens is 451 g/mol. The van der Waals surface area contributed by atoms with Crippen molar-refractivity contribution in [3.05, 3.63) is 81.6 Å². The van der Waals surface area contributed by atoms with Crippen LogP contribution >= 0.6 is 23.2 Å². The number of aromatic nitrogens is 2. The summed E-state index contributed by atoms with van der Waals surface area (Å²) in [6, 6.07) is 14.4. The number of amides is 2. The Balaban J connectivity index is 1.68. The Labute approximate surface area is 195 Å². The van der Waals surface area contributed by atoms with Gasteiger partial charge >= 0.3 is 0 Å². The first-order chi connectivity index (χ1) is 15.3. The molecule has 2 aromatic carbocycles. The predicted molar refractivity (Wildman–Crippen MR) is 126 cm³/mol. The Morgan fingerprint density at radius 2 is 1.88 bits per heavy atom. The largest absolute Gasteiger partial charge is 0.491 e. The molecule has 0 aliphatic carbocycles. The number of anilines is 1. The van der Waals surface area contributed by atoms with Crippen molar-refractivity contribution in [3.8, 4) is 5.75 Å². The summed E-state index contributed by atoms with van der Waals surface area (Å²) < 4.78 is 7.20. The standard InChI is InChI=1S/C23H22Cl2N4O3/c1-15-18(23(25)29(28-15)14-16-6-8-17(24)9-7-16)10-11-22(31)27-19-4-2-3-5-20(19)32-13-12-21(26)30/h2-11H,12-14H2,1H3,(H2,26,30)(H,27,31). The summed E-state index contributed by atoms with van der Waals surface area (Å²) in [7, 11) is 0. The van der Waals surface area contributed by atoms with Gasteiger partial charge in [-0.05, 0) is 42.8 Å². The second kappa shape index (κ2) is 10.8. The van der Waals surface area contributed by atoms with Gasteiger partial charge in [0.1, 0.15) is 10.9 Å². The molecule has 9 heteroatoms. The van der Waals surface area contributed by atoms with Crippen molar-refractivity contribution >= 4 is 46.8 Å². The predicted octanol–water partition coefficient (Wildman–Crippen LogP) is 4.45. The summed E-state index contributed by atoms with van der Waals surface area (Å²) in [6.07, 6.45) is 3.08. The van der Waals surface area contributed by atoms with Gasteiger partial charge in [0.05, 0.1) is 31.0 Å². The Morgan fingerprint density at radius 1 is 1.16 bits per heavy atom. The van der Waals surface area contributed by atoms with Crippen LogP contribution in [0.3, 0.4) is 0 Å². The van der Waals surface area contributed by atoms with Crippen LogP contribution in [0.25, 0.3) is 6.08 Å². The normalized spacial score (nSPS) is 11.0. The molecule has 1 aromatic heterocycles. The van der Waals surface area contributed by atoms with Crippen molar-refractivity contribution in [2.75, 3.05) is 11.9 Å². The fourth-order valence-corrected chi connectivity index (χ4v) is 3.34. The SMILES string of the molecule is Cc1nn(Cc2ccc(Cl)cc2)c(Cl)c1C=CC(=O)Nc1ccccc1OCCC(N)=O. The van der Waals surface area contributed by atoms with Gasteiger partial charge in [-0.1, -0.05) is 47.5 Å². The maximum atomic E-state index is 12.5. The molecule has 0 saturated heterocycles. The van der Waals surface area contributed by atoms with Crippen LogP contribution in [-0.4, -0.2) is 28.2 Å². The number of carbonyl (C=O) groups is 2. The third kappa shape index (κ3) is 6.35. The Hall–Kier alpha value is -3.29. The van der Waals surface area contributed by atoms with Crippen LogP contribution in [0.15, 0.2) is 54.6 Å². The number of para-hydroxylation sites is 2. The lowest BCUT2D eigenvalue weighted by molar-refractivity contribution is -0.118. The molecule has 2 amide bonds. The van der Waals surface area contributed by atoms with E-state index in [1.54, 1.807) is 35.0 Å². The molecule has 0 radical (unpaired) electrons. The van der Waals surface area contributed by atoms with Crippen molar-refractivity contribution in [2.45, 2.75) is 19.9 Å². The lowest BCUT2D eigenvalue weighted by atomic mass is 10.2. The number of nitrogens with one attached hydrogen (secondary N) is 1. The Kier molecular flexibility index (Phi) is 7.92. The van der Waals surface area contributed by atoms with E-state index in [0.29, 0.717) is 39.4 Å². The molecule has 3 rings (SSSR count). The average Bonchev–Trinajstić information content (AvgIpc) is 3.01. The molecule has 0 bridgehead atoms. The number of carbonyl (C=O) groups excluding carboxylic acids is 2. The molecule has 0 aliphatic heterocycles. The van der Waals surface area contributed by atoms with Gasteiger partial charge in [0.25, 0.3) is 0 Å². The van der Waals surface area contributed by atoms with Crippen LogP contribution in [0.4, 0.5) is 5.69 Å². The molecule has 0 saturated carbocycles. The number of nitrogens with zero attached hydrogens (tertiary/aromatic N) is 2. The number of benzene rings is 2. The molecule has 0 spiro atoms. The lowest BCUT2D eigenvalue weighted by Crippen LogP contribution is -2.15. The van der Waals surface area contributed by atoms with E-state index in [4.69, 9.17) is 33.7 Å². The lowest BCUT2D eigenvalue weighted by Gasteiger charge is -2.10. The Bertz CT molecular complexity index is 1140. The second-order valence-electron chi connectivity index (χ2n) is 6.96. The van der Waals surface area contributed by atoms with E-state index in [-0.39, 0.29) is 18.9 Å². The van der Waals surface area contributed by atoms with E-state index in [1.165, 1.54) is 6.08 Å². The fourth-order valence-electron chi connectivity index (χ4n) is 2.91. The fraction of sp³-hybridized carbons (Fsp3) is 0.174. The summed E-state index contributed by atoms with van der Waals surface area (Å²) in [5.74, 6) is -0.379. The van der Waals surface area contributed by atoms with E-state index < -0.39 is 5.91 Å². The monoisotopic (exact) mass is 472 g/mol. The van der Waals surface area contributed by atoms with Crippen LogP contribution in [0.1, 0.15) is 23.2 Å². The summed E-state index contributed by atoms with van der Waals surface area (Å²) in [5.41, 5.74) is 7.96. The number of halogens is 2. The maximum absolute atomic E-state index is 12.5. The van der Waals surface area contributed by atoms with Crippen LogP contribution in [-0.2, 0) is 16.1 Å².